The van der Waals surface area contributed by atoms with Gasteiger partial charge in [-0.05, 0) is 30.7 Å². The van der Waals surface area contributed by atoms with Gasteiger partial charge < -0.3 is 14.4 Å². The summed E-state index contributed by atoms with van der Waals surface area (Å²) in [6.07, 6.45) is -3.19. The minimum Gasteiger partial charge on any atom is -0.360 e. The van der Waals surface area contributed by atoms with E-state index in [0.29, 0.717) is 5.76 Å². The summed E-state index contributed by atoms with van der Waals surface area (Å²) < 4.78 is 44.5. The van der Waals surface area contributed by atoms with Crippen molar-refractivity contribution in [1.82, 2.24) is 9.72 Å². The van der Waals surface area contributed by atoms with Crippen LogP contribution in [0.15, 0.2) is 58.0 Å². The third-order valence-corrected chi connectivity index (χ3v) is 3.72. The van der Waals surface area contributed by atoms with Gasteiger partial charge in [0.1, 0.15) is 5.76 Å². The zero-order valence-corrected chi connectivity index (χ0v) is 14.1. The highest BCUT2D eigenvalue weighted by Gasteiger charge is 2.30. The molecule has 0 aliphatic heterocycles. The summed E-state index contributed by atoms with van der Waals surface area (Å²) in [7, 11) is 0. The number of benzene rings is 1. The Kier molecular flexibility index (Phi) is 4.85. The first-order chi connectivity index (χ1) is 12.7. The lowest BCUT2D eigenvalue weighted by molar-refractivity contribution is -0.137. The molecule has 0 atom stereocenters. The fourth-order valence-corrected chi connectivity index (χ4v) is 2.45. The Balaban J connectivity index is 1.83. The first-order valence-corrected chi connectivity index (χ1v) is 7.84. The number of hydrogen-bond donors (Lipinski definition) is 1. The van der Waals surface area contributed by atoms with E-state index in [1.54, 1.807) is 6.92 Å². The molecule has 1 aromatic carbocycles. The average molecular weight is 377 g/mol. The number of aryl methyl sites for hydroxylation is 1. The van der Waals surface area contributed by atoms with Crippen LogP contribution in [0.25, 0.3) is 0 Å². The second-order valence-electron chi connectivity index (χ2n) is 5.86. The van der Waals surface area contributed by atoms with E-state index in [4.69, 9.17) is 4.52 Å². The van der Waals surface area contributed by atoms with Crippen molar-refractivity contribution in [3.05, 3.63) is 81.5 Å². The van der Waals surface area contributed by atoms with E-state index in [9.17, 15) is 22.8 Å². The molecule has 1 N–H and O–H groups in total. The summed E-state index contributed by atoms with van der Waals surface area (Å²) in [6.45, 7) is 1.56. The Morgan fingerprint density at radius 2 is 2.00 bits per heavy atom. The number of nitrogens with one attached hydrogen (secondary N) is 1. The first-order valence-electron chi connectivity index (χ1n) is 7.84. The van der Waals surface area contributed by atoms with Crippen molar-refractivity contribution in [1.29, 1.82) is 0 Å². The van der Waals surface area contributed by atoms with E-state index < -0.39 is 23.2 Å². The van der Waals surface area contributed by atoms with E-state index in [1.165, 1.54) is 41.1 Å². The van der Waals surface area contributed by atoms with E-state index >= 15 is 0 Å². The van der Waals surface area contributed by atoms with Crippen LogP contribution >= 0.6 is 0 Å². The van der Waals surface area contributed by atoms with Crippen molar-refractivity contribution < 1.29 is 22.5 Å². The Morgan fingerprint density at radius 1 is 1.22 bits per heavy atom. The number of carbonyl (C=O) groups excluding carboxylic acids is 1. The third kappa shape index (κ3) is 4.43. The standard InChI is InChI=1S/C18H14F3N3O3/c1-11-7-15(23-27-11)22-17(26)13-5-6-16(25)24(10-13)9-12-3-2-4-14(8-12)18(19,20)21/h2-8,10H,9H2,1H3,(H,22,23,26). The van der Waals surface area contributed by atoms with Crippen molar-refractivity contribution in [3.8, 4) is 0 Å². The maximum absolute atomic E-state index is 12.8. The maximum atomic E-state index is 12.8. The molecule has 0 spiro atoms. The molecule has 2 heterocycles. The molecule has 0 saturated heterocycles. The van der Waals surface area contributed by atoms with Crippen LogP contribution in [0.4, 0.5) is 19.0 Å². The van der Waals surface area contributed by atoms with Crippen LogP contribution < -0.4 is 10.9 Å². The summed E-state index contributed by atoms with van der Waals surface area (Å²) in [5, 5.41) is 6.15. The number of pyridine rings is 1. The molecule has 0 unspecified atom stereocenters. The van der Waals surface area contributed by atoms with Crippen molar-refractivity contribution >= 4 is 11.7 Å². The predicted octanol–water partition coefficient (Wildman–Crippen LogP) is 3.46. The Morgan fingerprint density at radius 3 is 2.67 bits per heavy atom. The van der Waals surface area contributed by atoms with Gasteiger partial charge in [-0.3, -0.25) is 9.59 Å². The molecule has 27 heavy (non-hydrogen) atoms. The lowest BCUT2D eigenvalue weighted by atomic mass is 10.1. The summed E-state index contributed by atoms with van der Waals surface area (Å²) in [5.74, 6) is 0.203. The van der Waals surface area contributed by atoms with Crippen LogP contribution in [0, 0.1) is 6.92 Å². The van der Waals surface area contributed by atoms with Gasteiger partial charge in [-0.2, -0.15) is 13.2 Å². The zero-order valence-electron chi connectivity index (χ0n) is 14.1. The zero-order chi connectivity index (χ0) is 19.6. The van der Waals surface area contributed by atoms with Crippen LogP contribution in [0.5, 0.6) is 0 Å². The van der Waals surface area contributed by atoms with Crippen LogP contribution in [-0.4, -0.2) is 15.6 Å². The fraction of sp³-hybridized carbons (Fsp3) is 0.167. The number of nitrogens with zero attached hydrogens (tertiary/aromatic N) is 2. The number of aromatic nitrogens is 2. The van der Waals surface area contributed by atoms with Gasteiger partial charge in [-0.1, -0.05) is 17.3 Å². The molecule has 1 amide bonds. The molecule has 0 fully saturated rings. The Labute approximate surface area is 151 Å². The molecule has 0 aliphatic rings. The molecule has 0 radical (unpaired) electrons. The third-order valence-electron chi connectivity index (χ3n) is 3.72. The maximum Gasteiger partial charge on any atom is 0.416 e. The SMILES string of the molecule is Cc1cc(NC(=O)c2ccc(=O)n(Cc3cccc(C(F)(F)F)c3)c2)no1. The molecule has 3 rings (SSSR count). The fourth-order valence-electron chi connectivity index (χ4n) is 2.45. The number of hydrogen-bond acceptors (Lipinski definition) is 4. The molecule has 2 aromatic heterocycles. The number of amides is 1. The predicted molar refractivity (Wildman–Crippen MR) is 90.4 cm³/mol. The van der Waals surface area contributed by atoms with Gasteiger partial charge in [-0.25, -0.2) is 0 Å². The normalized spacial score (nSPS) is 11.4. The molecule has 140 valence electrons. The summed E-state index contributed by atoms with van der Waals surface area (Å²) >= 11 is 0. The summed E-state index contributed by atoms with van der Waals surface area (Å²) in [4.78, 5) is 24.3. The lowest BCUT2D eigenvalue weighted by Crippen LogP contribution is -2.22. The Hall–Kier alpha value is -3.36. The lowest BCUT2D eigenvalue weighted by Gasteiger charge is -2.11. The van der Waals surface area contributed by atoms with Crippen LogP contribution in [0.3, 0.4) is 0 Å². The highest BCUT2D eigenvalue weighted by atomic mass is 19.4. The molecular weight excluding hydrogens is 363 g/mol. The molecule has 0 saturated carbocycles. The van der Waals surface area contributed by atoms with Crippen molar-refractivity contribution in [3.63, 3.8) is 0 Å². The minimum absolute atomic E-state index is 0.104. The number of carbonyl (C=O) groups is 1. The van der Waals surface area contributed by atoms with Crippen LogP contribution in [0.1, 0.15) is 27.2 Å². The quantitative estimate of drug-likeness (QED) is 0.755. The van der Waals surface area contributed by atoms with Gasteiger partial charge in [0.2, 0.25) is 0 Å². The van der Waals surface area contributed by atoms with E-state index in [-0.39, 0.29) is 23.5 Å². The molecule has 3 aromatic rings. The molecule has 0 bridgehead atoms. The first kappa shape index (κ1) is 18.4. The topological polar surface area (TPSA) is 77.1 Å². The highest BCUT2D eigenvalue weighted by molar-refractivity contribution is 6.03. The smallest absolute Gasteiger partial charge is 0.360 e. The van der Waals surface area contributed by atoms with Crippen LogP contribution in [0.2, 0.25) is 0 Å². The number of rotatable bonds is 4. The second kappa shape index (κ2) is 7.10. The van der Waals surface area contributed by atoms with Crippen molar-refractivity contribution in [2.24, 2.45) is 0 Å². The molecule has 9 heteroatoms. The summed E-state index contributed by atoms with van der Waals surface area (Å²) in [5.41, 5.74) is -0.802. The van der Waals surface area contributed by atoms with Gasteiger partial charge in [0.05, 0.1) is 17.7 Å². The second-order valence-corrected chi connectivity index (χ2v) is 5.86. The van der Waals surface area contributed by atoms with E-state index in [1.807, 2.05) is 0 Å². The monoisotopic (exact) mass is 377 g/mol. The minimum atomic E-state index is -4.47. The molecule has 6 nitrogen and oxygen atoms in total. The number of anilines is 1. The van der Waals surface area contributed by atoms with Crippen molar-refractivity contribution in [2.45, 2.75) is 19.6 Å². The molecule has 0 aliphatic carbocycles. The van der Waals surface area contributed by atoms with Crippen molar-refractivity contribution in [2.75, 3.05) is 5.32 Å². The van der Waals surface area contributed by atoms with Gasteiger partial charge in [-0.15, -0.1) is 0 Å². The average Bonchev–Trinajstić information content (AvgIpc) is 3.01. The van der Waals surface area contributed by atoms with E-state index in [0.717, 1.165) is 12.1 Å². The summed E-state index contributed by atoms with van der Waals surface area (Å²) in [6, 6.07) is 8.70. The van der Waals surface area contributed by atoms with Gasteiger partial charge in [0.15, 0.2) is 5.82 Å². The molecular formula is C18H14F3N3O3. The largest absolute Gasteiger partial charge is 0.416 e. The highest BCUT2D eigenvalue weighted by Crippen LogP contribution is 2.29. The van der Waals surface area contributed by atoms with Gasteiger partial charge in [0.25, 0.3) is 11.5 Å². The van der Waals surface area contributed by atoms with Gasteiger partial charge >= 0.3 is 6.18 Å². The van der Waals surface area contributed by atoms with E-state index in [2.05, 4.69) is 10.5 Å². The van der Waals surface area contributed by atoms with Gasteiger partial charge in [0, 0.05) is 18.3 Å². The Bertz CT molecular complexity index is 1040. The number of halogens is 3. The van der Waals surface area contributed by atoms with Crippen LogP contribution in [-0.2, 0) is 12.7 Å². The number of alkyl halides is 3.